The minimum atomic E-state index is -1.17. The van der Waals surface area contributed by atoms with E-state index in [-0.39, 0.29) is 18.3 Å². The number of hydrogen-bond acceptors (Lipinski definition) is 3. The van der Waals surface area contributed by atoms with E-state index in [1.807, 2.05) is 0 Å². The van der Waals surface area contributed by atoms with E-state index in [2.05, 4.69) is 17.6 Å². The summed E-state index contributed by atoms with van der Waals surface area (Å²) in [5.41, 5.74) is 5.13. The number of carboxylic acids is 1. The van der Waals surface area contributed by atoms with E-state index in [0.717, 1.165) is 19.3 Å². The number of primary amides is 1. The van der Waals surface area contributed by atoms with E-state index < -0.39 is 23.9 Å². The van der Waals surface area contributed by atoms with Gasteiger partial charge in [-0.2, -0.15) is 0 Å². The summed E-state index contributed by atoms with van der Waals surface area (Å²) in [5, 5.41) is 14.2. The third-order valence-electron chi connectivity index (χ3n) is 4.32. The molecule has 1 aliphatic carbocycles. The van der Waals surface area contributed by atoms with Crippen LogP contribution in [-0.2, 0) is 9.59 Å². The average molecular weight is 299 g/mol. The number of aliphatic carboxylic acids is 1. The highest BCUT2D eigenvalue weighted by molar-refractivity contribution is 5.83. The molecule has 1 rings (SSSR count). The van der Waals surface area contributed by atoms with Crippen LogP contribution in [0.25, 0.3) is 0 Å². The van der Waals surface area contributed by atoms with Crippen LogP contribution in [0.4, 0.5) is 4.79 Å². The molecule has 0 aliphatic heterocycles. The fourth-order valence-electron chi connectivity index (χ4n) is 2.80. The first-order valence-corrected chi connectivity index (χ1v) is 7.44. The van der Waals surface area contributed by atoms with Gasteiger partial charge in [0.1, 0.15) is 6.04 Å². The molecule has 7 nitrogen and oxygen atoms in total. The topological polar surface area (TPSA) is 122 Å². The number of carboxylic acid groups (broad SMARTS) is 1. The van der Waals surface area contributed by atoms with Crippen LogP contribution in [-0.4, -0.2) is 35.6 Å². The lowest BCUT2D eigenvalue weighted by atomic mass is 9.83. The Morgan fingerprint density at radius 1 is 1.29 bits per heavy atom. The van der Waals surface area contributed by atoms with Crippen molar-refractivity contribution in [3.05, 3.63) is 0 Å². The molecule has 3 amide bonds. The molecule has 0 heterocycles. The van der Waals surface area contributed by atoms with Gasteiger partial charge in [0.15, 0.2) is 0 Å². The molecule has 0 aromatic heterocycles. The van der Waals surface area contributed by atoms with Crippen molar-refractivity contribution >= 4 is 17.9 Å². The summed E-state index contributed by atoms with van der Waals surface area (Å²) in [7, 11) is 0. The molecule has 1 atom stereocenters. The van der Waals surface area contributed by atoms with Gasteiger partial charge < -0.3 is 21.5 Å². The van der Waals surface area contributed by atoms with Crippen molar-refractivity contribution in [2.75, 3.05) is 6.54 Å². The lowest BCUT2D eigenvalue weighted by molar-refractivity contribution is -0.139. The quantitative estimate of drug-likeness (QED) is 0.533. The van der Waals surface area contributed by atoms with Crippen LogP contribution in [0.2, 0.25) is 0 Å². The molecule has 0 spiro atoms. The minimum Gasteiger partial charge on any atom is -0.480 e. The molecular weight excluding hydrogens is 274 g/mol. The van der Waals surface area contributed by atoms with Gasteiger partial charge in [0.2, 0.25) is 5.91 Å². The first-order chi connectivity index (χ1) is 9.88. The van der Waals surface area contributed by atoms with E-state index in [0.29, 0.717) is 6.54 Å². The molecule has 7 heteroatoms. The molecule has 0 radical (unpaired) electrons. The second-order valence-electron chi connectivity index (χ2n) is 5.78. The fourth-order valence-corrected chi connectivity index (χ4v) is 2.80. The van der Waals surface area contributed by atoms with Gasteiger partial charge in [-0.1, -0.05) is 19.8 Å². The molecule has 1 saturated carbocycles. The molecule has 1 fully saturated rings. The fraction of sp³-hybridized carbons (Fsp3) is 0.786. The van der Waals surface area contributed by atoms with Gasteiger partial charge in [-0.15, -0.1) is 0 Å². The monoisotopic (exact) mass is 299 g/mol. The lowest BCUT2D eigenvalue weighted by Crippen LogP contribution is -2.48. The predicted octanol–water partition coefficient (Wildman–Crippen LogP) is 0.975. The zero-order chi connectivity index (χ0) is 15.9. The average Bonchev–Trinajstić information content (AvgIpc) is 2.90. The van der Waals surface area contributed by atoms with Crippen LogP contribution < -0.4 is 16.4 Å². The highest BCUT2D eigenvalue weighted by Crippen LogP contribution is 2.40. The van der Waals surface area contributed by atoms with Gasteiger partial charge in [-0.05, 0) is 31.1 Å². The molecule has 0 aromatic carbocycles. The Balaban J connectivity index is 2.42. The number of urea groups is 1. The maximum Gasteiger partial charge on any atom is 0.326 e. The Morgan fingerprint density at radius 2 is 1.90 bits per heavy atom. The summed E-state index contributed by atoms with van der Waals surface area (Å²) >= 11 is 0. The van der Waals surface area contributed by atoms with Crippen molar-refractivity contribution in [1.29, 1.82) is 0 Å². The van der Waals surface area contributed by atoms with Gasteiger partial charge in [-0.3, -0.25) is 4.79 Å². The van der Waals surface area contributed by atoms with E-state index in [9.17, 15) is 14.4 Å². The Morgan fingerprint density at radius 3 is 2.38 bits per heavy atom. The lowest BCUT2D eigenvalue weighted by Gasteiger charge is -2.28. The second-order valence-corrected chi connectivity index (χ2v) is 5.78. The third kappa shape index (κ3) is 5.61. The zero-order valence-corrected chi connectivity index (χ0v) is 12.5. The van der Waals surface area contributed by atoms with Crippen molar-refractivity contribution in [2.45, 2.75) is 57.9 Å². The van der Waals surface area contributed by atoms with Crippen LogP contribution in [0.5, 0.6) is 0 Å². The van der Waals surface area contributed by atoms with Gasteiger partial charge in [0.25, 0.3) is 0 Å². The molecule has 0 unspecified atom stereocenters. The van der Waals surface area contributed by atoms with E-state index in [4.69, 9.17) is 10.8 Å². The first kappa shape index (κ1) is 17.3. The number of hydrogen-bond donors (Lipinski definition) is 4. The Kier molecular flexibility index (Phi) is 6.45. The van der Waals surface area contributed by atoms with Crippen LogP contribution >= 0.6 is 0 Å². The third-order valence-corrected chi connectivity index (χ3v) is 4.32. The summed E-state index contributed by atoms with van der Waals surface area (Å²) < 4.78 is 0. The highest BCUT2D eigenvalue weighted by atomic mass is 16.4. The van der Waals surface area contributed by atoms with Crippen LogP contribution in [0, 0.1) is 5.41 Å². The maximum absolute atomic E-state index is 11.8. The summed E-state index contributed by atoms with van der Waals surface area (Å²) in [6.45, 7) is 2.66. The van der Waals surface area contributed by atoms with Gasteiger partial charge in [-0.25, -0.2) is 9.59 Å². The van der Waals surface area contributed by atoms with Crippen molar-refractivity contribution in [3.63, 3.8) is 0 Å². The molecule has 0 saturated heterocycles. The Hall–Kier alpha value is -1.79. The Labute approximate surface area is 124 Å². The summed E-state index contributed by atoms with van der Waals surface area (Å²) in [6, 6.07) is -1.61. The van der Waals surface area contributed by atoms with Crippen molar-refractivity contribution in [2.24, 2.45) is 11.1 Å². The van der Waals surface area contributed by atoms with E-state index in [1.165, 1.54) is 12.8 Å². The number of carbonyl (C=O) groups excluding carboxylic acids is 2. The summed E-state index contributed by atoms with van der Waals surface area (Å²) in [5.74, 6) is -1.75. The van der Waals surface area contributed by atoms with Crippen molar-refractivity contribution < 1.29 is 19.5 Å². The number of rotatable bonds is 8. The molecule has 0 aromatic rings. The van der Waals surface area contributed by atoms with Gasteiger partial charge in [0, 0.05) is 13.0 Å². The number of amides is 3. The standard InChI is InChI=1S/C14H25N3O4/c1-2-14(7-3-4-8-14)9-16-13(21)17-10(12(19)20)5-6-11(15)18/h10H,2-9H2,1H3,(H2,15,18)(H,19,20)(H2,16,17,21)/t10-/m0/s1. The van der Waals surface area contributed by atoms with Crippen LogP contribution in [0.15, 0.2) is 0 Å². The zero-order valence-electron chi connectivity index (χ0n) is 12.5. The number of nitrogens with two attached hydrogens (primary N) is 1. The van der Waals surface area contributed by atoms with E-state index in [1.54, 1.807) is 0 Å². The second kappa shape index (κ2) is 7.85. The van der Waals surface area contributed by atoms with E-state index >= 15 is 0 Å². The molecule has 5 N–H and O–H groups in total. The van der Waals surface area contributed by atoms with Crippen molar-refractivity contribution in [3.8, 4) is 0 Å². The SMILES string of the molecule is CCC1(CNC(=O)N[C@@H](CCC(N)=O)C(=O)O)CCCC1. The molecular formula is C14H25N3O4. The predicted molar refractivity (Wildman–Crippen MR) is 77.6 cm³/mol. The minimum absolute atomic E-state index is 0.00297. The van der Waals surface area contributed by atoms with Crippen LogP contribution in [0.3, 0.4) is 0 Å². The number of nitrogens with one attached hydrogen (secondary N) is 2. The summed E-state index contributed by atoms with van der Waals surface area (Å²) in [6.07, 6.45) is 5.45. The first-order valence-electron chi connectivity index (χ1n) is 7.44. The largest absolute Gasteiger partial charge is 0.480 e. The molecule has 21 heavy (non-hydrogen) atoms. The molecule has 0 bridgehead atoms. The van der Waals surface area contributed by atoms with Gasteiger partial charge >= 0.3 is 12.0 Å². The molecule has 1 aliphatic rings. The number of carbonyl (C=O) groups is 3. The van der Waals surface area contributed by atoms with Gasteiger partial charge in [0.05, 0.1) is 0 Å². The summed E-state index contributed by atoms with van der Waals surface area (Å²) in [4.78, 5) is 33.5. The highest BCUT2D eigenvalue weighted by Gasteiger charge is 2.32. The normalized spacial score (nSPS) is 18.0. The maximum atomic E-state index is 11.8. The Bertz CT molecular complexity index is 392. The van der Waals surface area contributed by atoms with Crippen LogP contribution in [0.1, 0.15) is 51.9 Å². The van der Waals surface area contributed by atoms with Crippen molar-refractivity contribution in [1.82, 2.24) is 10.6 Å². The molecule has 120 valence electrons. The smallest absolute Gasteiger partial charge is 0.326 e.